The summed E-state index contributed by atoms with van der Waals surface area (Å²) >= 11 is 0. The molecule has 8 heteroatoms. The molecular weight excluding hydrogens is 490 g/mol. The van der Waals surface area contributed by atoms with Crippen molar-refractivity contribution in [3.63, 3.8) is 0 Å². The molecule has 0 saturated heterocycles. The predicted molar refractivity (Wildman–Crippen MR) is 148 cm³/mol. The number of rotatable bonds is 7. The third kappa shape index (κ3) is 4.22. The van der Waals surface area contributed by atoms with Crippen molar-refractivity contribution in [1.82, 2.24) is 24.0 Å². The van der Waals surface area contributed by atoms with E-state index in [0.717, 1.165) is 61.5 Å². The van der Waals surface area contributed by atoms with Crippen molar-refractivity contribution in [2.75, 3.05) is 6.54 Å². The maximum absolute atomic E-state index is 14.1. The molecule has 8 nitrogen and oxygen atoms in total. The highest BCUT2D eigenvalue weighted by Gasteiger charge is 2.40. The number of hydrogen-bond acceptors (Lipinski definition) is 5. The van der Waals surface area contributed by atoms with Crippen LogP contribution in [0.2, 0.25) is 0 Å². The van der Waals surface area contributed by atoms with Gasteiger partial charge in [0.15, 0.2) is 5.69 Å². The van der Waals surface area contributed by atoms with Crippen molar-refractivity contribution < 1.29 is 9.53 Å². The summed E-state index contributed by atoms with van der Waals surface area (Å²) < 4.78 is 10.3. The molecule has 4 aromatic rings. The molecule has 0 bridgehead atoms. The first kappa shape index (κ1) is 24.1. The minimum Gasteiger partial charge on any atom is -0.481 e. The zero-order valence-electron chi connectivity index (χ0n) is 22.0. The van der Waals surface area contributed by atoms with Crippen molar-refractivity contribution in [2.45, 2.75) is 70.2 Å². The SMILES string of the molecule is O=C1c2c(OCc3ccccc3)c(=O)nc(C(C3CCCC3)n3ccc4cccnc43)n2CCN1C1CCC1. The molecule has 0 N–H and O–H groups in total. The van der Waals surface area contributed by atoms with Gasteiger partial charge in [-0.3, -0.25) is 9.59 Å². The van der Waals surface area contributed by atoms with Crippen LogP contribution < -0.4 is 10.3 Å². The molecule has 1 aliphatic heterocycles. The quantitative estimate of drug-likeness (QED) is 0.342. The number of benzene rings is 1. The average molecular weight is 524 g/mol. The van der Waals surface area contributed by atoms with Gasteiger partial charge in [0.25, 0.3) is 5.91 Å². The van der Waals surface area contributed by atoms with Crippen LogP contribution in [0.1, 0.15) is 72.9 Å². The molecule has 39 heavy (non-hydrogen) atoms. The molecule has 3 aromatic heterocycles. The third-order valence-corrected chi connectivity index (χ3v) is 8.83. The number of amides is 1. The Morgan fingerprint density at radius 1 is 0.923 bits per heavy atom. The van der Waals surface area contributed by atoms with Crippen LogP contribution in [0, 0.1) is 5.92 Å². The van der Waals surface area contributed by atoms with Crippen LogP contribution in [0.25, 0.3) is 11.0 Å². The Morgan fingerprint density at radius 3 is 2.51 bits per heavy atom. The van der Waals surface area contributed by atoms with E-state index >= 15 is 0 Å². The van der Waals surface area contributed by atoms with Crippen molar-refractivity contribution in [2.24, 2.45) is 5.92 Å². The van der Waals surface area contributed by atoms with E-state index in [1.165, 1.54) is 0 Å². The lowest BCUT2D eigenvalue weighted by Gasteiger charge is -2.42. The van der Waals surface area contributed by atoms with Gasteiger partial charge < -0.3 is 18.8 Å². The van der Waals surface area contributed by atoms with Crippen LogP contribution in [0.5, 0.6) is 5.75 Å². The van der Waals surface area contributed by atoms with E-state index in [4.69, 9.17) is 14.7 Å². The van der Waals surface area contributed by atoms with E-state index in [1.807, 2.05) is 45.9 Å². The fraction of sp³-hybridized carbons (Fsp3) is 0.419. The van der Waals surface area contributed by atoms with Crippen LogP contribution in [-0.4, -0.2) is 42.5 Å². The first-order chi connectivity index (χ1) is 19.2. The molecule has 1 unspecified atom stereocenters. The molecule has 2 aliphatic carbocycles. The first-order valence-electron chi connectivity index (χ1n) is 14.2. The minimum atomic E-state index is -0.469. The van der Waals surface area contributed by atoms with Gasteiger partial charge in [-0.25, -0.2) is 4.98 Å². The summed E-state index contributed by atoms with van der Waals surface area (Å²) in [6.45, 7) is 1.42. The Kier molecular flexibility index (Phi) is 6.18. The Labute approximate surface area is 227 Å². The van der Waals surface area contributed by atoms with Gasteiger partial charge >= 0.3 is 5.56 Å². The summed E-state index contributed by atoms with van der Waals surface area (Å²) in [5.74, 6) is 0.911. The molecule has 200 valence electrons. The monoisotopic (exact) mass is 523 g/mol. The van der Waals surface area contributed by atoms with Crippen LogP contribution in [0.15, 0.2) is 65.7 Å². The molecule has 4 heterocycles. The van der Waals surface area contributed by atoms with E-state index in [9.17, 15) is 9.59 Å². The first-order valence-corrected chi connectivity index (χ1v) is 14.2. The molecule has 1 aromatic carbocycles. The van der Waals surface area contributed by atoms with Gasteiger partial charge in [0.2, 0.25) is 5.75 Å². The van der Waals surface area contributed by atoms with Crippen LogP contribution in [0.3, 0.4) is 0 Å². The van der Waals surface area contributed by atoms with Crippen LogP contribution in [0.4, 0.5) is 0 Å². The summed E-state index contributed by atoms with van der Waals surface area (Å²) in [7, 11) is 0. The lowest BCUT2D eigenvalue weighted by molar-refractivity contribution is 0.0495. The second-order valence-corrected chi connectivity index (χ2v) is 11.1. The number of aromatic nitrogens is 4. The van der Waals surface area contributed by atoms with Crippen molar-refractivity contribution >= 4 is 16.9 Å². The number of carbonyl (C=O) groups is 1. The van der Waals surface area contributed by atoms with Crippen LogP contribution in [-0.2, 0) is 13.2 Å². The van der Waals surface area contributed by atoms with Gasteiger partial charge in [0, 0.05) is 36.9 Å². The zero-order valence-corrected chi connectivity index (χ0v) is 22.0. The van der Waals surface area contributed by atoms with Gasteiger partial charge in [-0.1, -0.05) is 43.2 Å². The summed E-state index contributed by atoms with van der Waals surface area (Å²) in [5, 5.41) is 1.05. The molecule has 1 atom stereocenters. The van der Waals surface area contributed by atoms with Crippen molar-refractivity contribution in [3.8, 4) is 5.75 Å². The summed E-state index contributed by atoms with van der Waals surface area (Å²) in [4.78, 5) is 39.2. The van der Waals surface area contributed by atoms with Gasteiger partial charge in [-0.05, 0) is 61.8 Å². The lowest BCUT2D eigenvalue weighted by Crippen LogP contribution is -2.51. The predicted octanol–water partition coefficient (Wildman–Crippen LogP) is 4.96. The smallest absolute Gasteiger partial charge is 0.316 e. The maximum atomic E-state index is 14.1. The number of nitrogens with zero attached hydrogens (tertiary/aromatic N) is 5. The van der Waals surface area contributed by atoms with Crippen LogP contribution >= 0.6 is 0 Å². The van der Waals surface area contributed by atoms with Crippen molar-refractivity contribution in [3.05, 3.63) is 88.4 Å². The number of pyridine rings is 1. The summed E-state index contributed by atoms with van der Waals surface area (Å²) in [6.07, 6.45) is 11.4. The Bertz CT molecular complexity index is 1570. The molecule has 2 fully saturated rings. The number of carbonyl (C=O) groups excluding carboxylic acids is 1. The topological polar surface area (TPSA) is 82.3 Å². The number of fused-ring (bicyclic) bond motifs is 2. The largest absolute Gasteiger partial charge is 0.481 e. The van der Waals surface area contributed by atoms with E-state index in [2.05, 4.69) is 22.9 Å². The second kappa shape index (κ2) is 9.98. The molecule has 7 rings (SSSR count). The molecule has 3 aliphatic rings. The van der Waals surface area contributed by atoms with Gasteiger partial charge in [-0.2, -0.15) is 4.98 Å². The fourth-order valence-corrected chi connectivity index (χ4v) is 6.62. The fourth-order valence-electron chi connectivity index (χ4n) is 6.62. The molecule has 1 amide bonds. The van der Waals surface area contributed by atoms with Gasteiger partial charge in [0.1, 0.15) is 18.1 Å². The molecular formula is C31H33N5O3. The Morgan fingerprint density at radius 2 is 1.74 bits per heavy atom. The maximum Gasteiger partial charge on any atom is 0.316 e. The molecule has 0 radical (unpaired) electrons. The lowest BCUT2D eigenvalue weighted by atomic mass is 9.90. The zero-order chi connectivity index (χ0) is 26.3. The summed E-state index contributed by atoms with van der Waals surface area (Å²) in [6, 6.07) is 15.8. The van der Waals surface area contributed by atoms with Gasteiger partial charge in [0.05, 0.1) is 6.04 Å². The second-order valence-electron chi connectivity index (χ2n) is 11.1. The van der Waals surface area contributed by atoms with E-state index in [-0.39, 0.29) is 30.3 Å². The van der Waals surface area contributed by atoms with E-state index in [0.29, 0.717) is 30.5 Å². The standard InChI is InChI=1S/C31H33N5O3/c37-30-27(39-20-21-8-2-1-3-9-21)26-31(38)34(24-13-6-14-24)18-19-36(26)29(33-30)25(22-10-4-5-11-22)35-17-15-23-12-7-16-32-28(23)35/h1-3,7-9,12,15-17,22,24-25H,4-6,10-11,13-14,18-20H2. The highest BCUT2D eigenvalue weighted by molar-refractivity contribution is 5.96. The van der Waals surface area contributed by atoms with Gasteiger partial charge in [-0.15, -0.1) is 0 Å². The third-order valence-electron chi connectivity index (χ3n) is 8.83. The summed E-state index contributed by atoms with van der Waals surface area (Å²) in [5.41, 5.74) is 1.70. The molecule has 0 spiro atoms. The highest BCUT2D eigenvalue weighted by Crippen LogP contribution is 2.40. The average Bonchev–Trinajstić information content (AvgIpc) is 3.61. The van der Waals surface area contributed by atoms with E-state index in [1.54, 1.807) is 6.20 Å². The number of hydrogen-bond donors (Lipinski definition) is 0. The highest BCUT2D eigenvalue weighted by atomic mass is 16.5. The van der Waals surface area contributed by atoms with Crippen molar-refractivity contribution in [1.29, 1.82) is 0 Å². The minimum absolute atomic E-state index is 0.0669. The number of ether oxygens (including phenoxy) is 1. The van der Waals surface area contributed by atoms with E-state index < -0.39 is 5.56 Å². The Hall–Kier alpha value is -3.94. The normalized spacial score (nSPS) is 18.8. The Balaban J connectivity index is 1.38. The molecule has 2 saturated carbocycles.